The predicted octanol–water partition coefficient (Wildman–Crippen LogP) is 2.74. The highest BCUT2D eigenvalue weighted by Gasteiger charge is 2.31. The molecule has 0 spiro atoms. The minimum Gasteiger partial charge on any atom is -0.364 e. The number of nitrogens with one attached hydrogen (secondary N) is 1. The van der Waals surface area contributed by atoms with E-state index < -0.39 is 0 Å². The number of hydrogen-bond donors (Lipinski definition) is 1. The van der Waals surface area contributed by atoms with Crippen molar-refractivity contribution in [3.8, 4) is 0 Å². The molecule has 1 aliphatic heterocycles. The van der Waals surface area contributed by atoms with Gasteiger partial charge < -0.3 is 5.32 Å². The van der Waals surface area contributed by atoms with Crippen molar-refractivity contribution in [1.29, 1.82) is 0 Å². The summed E-state index contributed by atoms with van der Waals surface area (Å²) >= 11 is 5.38. The number of hydrogen-bond acceptors (Lipinski definition) is 3. The summed E-state index contributed by atoms with van der Waals surface area (Å²) in [6, 6.07) is 16.3. The Balaban J connectivity index is 1.95. The van der Waals surface area contributed by atoms with E-state index in [1.807, 2.05) is 48.5 Å². The number of nitrogens with zero attached hydrogens (tertiary/aromatic N) is 3. The van der Waals surface area contributed by atoms with Crippen LogP contribution in [-0.4, -0.2) is 27.9 Å². The molecule has 1 aromatic carbocycles. The Morgan fingerprint density at radius 3 is 2.62 bits per heavy atom. The maximum absolute atomic E-state index is 5.38. The van der Waals surface area contributed by atoms with Gasteiger partial charge in [0.1, 0.15) is 0 Å². The summed E-state index contributed by atoms with van der Waals surface area (Å²) in [4.78, 5) is 4.39. The van der Waals surface area contributed by atoms with Gasteiger partial charge in [-0.15, -0.1) is 0 Å². The van der Waals surface area contributed by atoms with E-state index in [9.17, 15) is 0 Å². The van der Waals surface area contributed by atoms with Crippen LogP contribution in [-0.2, 0) is 0 Å². The lowest BCUT2D eigenvalue weighted by Gasteiger charge is -2.23. The molecule has 1 aliphatic rings. The molecule has 5 heteroatoms. The topological polar surface area (TPSA) is 40.5 Å². The summed E-state index contributed by atoms with van der Waals surface area (Å²) in [5.74, 6) is 0. The van der Waals surface area contributed by atoms with E-state index in [4.69, 9.17) is 12.2 Å². The van der Waals surface area contributed by atoms with Crippen LogP contribution >= 0.6 is 12.2 Å². The van der Waals surface area contributed by atoms with Gasteiger partial charge in [-0.25, -0.2) is 5.01 Å². The van der Waals surface area contributed by atoms with Gasteiger partial charge in [-0.2, -0.15) is 5.10 Å². The van der Waals surface area contributed by atoms with Crippen LogP contribution in [0.15, 0.2) is 59.8 Å². The lowest BCUT2D eigenvalue weighted by Crippen LogP contribution is -2.34. The van der Waals surface area contributed by atoms with Gasteiger partial charge in [0.2, 0.25) is 0 Å². The van der Waals surface area contributed by atoms with Crippen LogP contribution in [0.1, 0.15) is 23.7 Å². The molecular formula is C16H16N4S. The van der Waals surface area contributed by atoms with E-state index in [2.05, 4.69) is 27.5 Å². The predicted molar refractivity (Wildman–Crippen MR) is 88.1 cm³/mol. The number of aromatic nitrogens is 1. The zero-order valence-electron chi connectivity index (χ0n) is 11.7. The zero-order chi connectivity index (χ0) is 14.7. The van der Waals surface area contributed by atoms with Crippen molar-refractivity contribution >= 4 is 23.0 Å². The Bertz CT molecular complexity index is 654. The first-order valence-corrected chi connectivity index (χ1v) is 7.25. The molecule has 2 aromatic rings. The molecule has 1 N–H and O–H groups in total. The van der Waals surface area contributed by atoms with Crippen molar-refractivity contribution in [2.75, 3.05) is 7.05 Å². The summed E-state index contributed by atoms with van der Waals surface area (Å²) in [5, 5.41) is 10.2. The Morgan fingerprint density at radius 2 is 1.95 bits per heavy atom. The highest BCUT2D eigenvalue weighted by Crippen LogP contribution is 2.32. The number of hydrazone groups is 1. The lowest BCUT2D eigenvalue weighted by molar-refractivity contribution is 0.367. The summed E-state index contributed by atoms with van der Waals surface area (Å²) < 4.78 is 0. The molecule has 21 heavy (non-hydrogen) atoms. The molecule has 0 fully saturated rings. The number of benzene rings is 1. The average molecular weight is 296 g/mol. The number of pyridine rings is 1. The SMILES string of the molecule is CNC(=S)N1N=C(c2ccccn2)C[C@H]1c1ccccc1. The zero-order valence-corrected chi connectivity index (χ0v) is 12.5. The first kappa shape index (κ1) is 13.7. The molecule has 106 valence electrons. The molecule has 0 amide bonds. The minimum absolute atomic E-state index is 0.114. The molecule has 1 aromatic heterocycles. The van der Waals surface area contributed by atoms with Gasteiger partial charge >= 0.3 is 0 Å². The maximum atomic E-state index is 5.38. The van der Waals surface area contributed by atoms with Crippen molar-refractivity contribution in [2.45, 2.75) is 12.5 Å². The third kappa shape index (κ3) is 2.78. The maximum Gasteiger partial charge on any atom is 0.189 e. The smallest absolute Gasteiger partial charge is 0.189 e. The van der Waals surface area contributed by atoms with Crippen molar-refractivity contribution in [3.63, 3.8) is 0 Å². The van der Waals surface area contributed by atoms with E-state index in [1.54, 1.807) is 6.20 Å². The van der Waals surface area contributed by atoms with E-state index in [0.717, 1.165) is 17.8 Å². The second-order valence-electron chi connectivity index (χ2n) is 4.79. The minimum atomic E-state index is 0.114. The van der Waals surface area contributed by atoms with Crippen molar-refractivity contribution in [1.82, 2.24) is 15.3 Å². The Hall–Kier alpha value is -2.27. The third-order valence-corrected chi connectivity index (χ3v) is 3.87. The second kappa shape index (κ2) is 6.01. The summed E-state index contributed by atoms with van der Waals surface area (Å²) in [6.45, 7) is 0. The lowest BCUT2D eigenvalue weighted by atomic mass is 10.0. The quantitative estimate of drug-likeness (QED) is 0.865. The van der Waals surface area contributed by atoms with Crippen LogP contribution in [0.25, 0.3) is 0 Å². The molecule has 1 atom stereocenters. The molecule has 0 saturated carbocycles. The van der Waals surface area contributed by atoms with Gasteiger partial charge in [0.25, 0.3) is 0 Å². The number of rotatable bonds is 2. The van der Waals surface area contributed by atoms with Gasteiger partial charge in [0, 0.05) is 19.7 Å². The van der Waals surface area contributed by atoms with Gasteiger partial charge in [-0.3, -0.25) is 4.98 Å². The van der Waals surface area contributed by atoms with Crippen molar-refractivity contribution in [2.24, 2.45) is 5.10 Å². The van der Waals surface area contributed by atoms with Crippen LogP contribution in [0.4, 0.5) is 0 Å². The van der Waals surface area contributed by atoms with Gasteiger partial charge in [0.15, 0.2) is 5.11 Å². The molecule has 0 aliphatic carbocycles. The van der Waals surface area contributed by atoms with E-state index >= 15 is 0 Å². The monoisotopic (exact) mass is 296 g/mol. The summed E-state index contributed by atoms with van der Waals surface area (Å²) in [7, 11) is 1.82. The van der Waals surface area contributed by atoms with Crippen LogP contribution < -0.4 is 5.32 Å². The normalized spacial score (nSPS) is 17.5. The fourth-order valence-electron chi connectivity index (χ4n) is 2.44. The van der Waals surface area contributed by atoms with Gasteiger partial charge in [0.05, 0.1) is 17.4 Å². The van der Waals surface area contributed by atoms with Crippen LogP contribution in [0.3, 0.4) is 0 Å². The standard InChI is InChI=1S/C16H16N4S/c1-17-16(21)20-15(12-7-3-2-4-8-12)11-14(19-20)13-9-5-6-10-18-13/h2-10,15H,11H2,1H3,(H,17,21)/t15-/m0/s1. The molecule has 0 bridgehead atoms. The molecule has 2 heterocycles. The van der Waals surface area contributed by atoms with E-state index in [-0.39, 0.29) is 6.04 Å². The fraction of sp³-hybridized carbons (Fsp3) is 0.188. The second-order valence-corrected chi connectivity index (χ2v) is 5.18. The van der Waals surface area contributed by atoms with Crippen molar-refractivity contribution in [3.05, 3.63) is 66.0 Å². The Morgan fingerprint density at radius 1 is 1.19 bits per heavy atom. The molecule has 0 radical (unpaired) electrons. The highest BCUT2D eigenvalue weighted by molar-refractivity contribution is 7.80. The van der Waals surface area contributed by atoms with Crippen LogP contribution in [0.2, 0.25) is 0 Å². The van der Waals surface area contributed by atoms with Gasteiger partial charge in [-0.05, 0) is 29.9 Å². The first-order valence-electron chi connectivity index (χ1n) is 6.84. The van der Waals surface area contributed by atoms with Crippen molar-refractivity contribution < 1.29 is 0 Å². The molecule has 0 unspecified atom stereocenters. The average Bonchev–Trinajstić information content (AvgIpc) is 3.01. The van der Waals surface area contributed by atoms with Crippen LogP contribution in [0.5, 0.6) is 0 Å². The third-order valence-electron chi connectivity index (χ3n) is 3.48. The highest BCUT2D eigenvalue weighted by atomic mass is 32.1. The Labute approximate surface area is 129 Å². The molecule has 0 saturated heterocycles. The largest absolute Gasteiger partial charge is 0.364 e. The fourth-order valence-corrected chi connectivity index (χ4v) is 2.60. The van der Waals surface area contributed by atoms with Gasteiger partial charge in [-0.1, -0.05) is 36.4 Å². The Kier molecular flexibility index (Phi) is 3.92. The number of thiocarbonyl (C=S) groups is 1. The molecular weight excluding hydrogens is 280 g/mol. The van der Waals surface area contributed by atoms with Crippen LogP contribution in [0, 0.1) is 0 Å². The molecule has 4 nitrogen and oxygen atoms in total. The first-order chi connectivity index (χ1) is 10.3. The molecule has 3 rings (SSSR count). The summed E-state index contributed by atoms with van der Waals surface area (Å²) in [6.07, 6.45) is 2.58. The summed E-state index contributed by atoms with van der Waals surface area (Å²) in [5.41, 5.74) is 3.06. The van der Waals surface area contributed by atoms with E-state index in [1.165, 1.54) is 5.56 Å². The van der Waals surface area contributed by atoms with E-state index in [0.29, 0.717) is 5.11 Å².